The van der Waals surface area contributed by atoms with Crippen molar-refractivity contribution < 1.29 is 9.53 Å². The molecule has 7 nitrogen and oxygen atoms in total. The van der Waals surface area contributed by atoms with Gasteiger partial charge in [0.2, 0.25) is 5.91 Å². The summed E-state index contributed by atoms with van der Waals surface area (Å²) in [7, 11) is 1.77. The molecule has 174 valence electrons. The summed E-state index contributed by atoms with van der Waals surface area (Å²) < 4.78 is 7.66. The normalized spacial score (nSPS) is 10.8. The van der Waals surface area contributed by atoms with E-state index in [1.165, 1.54) is 11.8 Å². The van der Waals surface area contributed by atoms with Crippen LogP contribution in [0.3, 0.4) is 0 Å². The van der Waals surface area contributed by atoms with E-state index in [4.69, 9.17) is 16.3 Å². The van der Waals surface area contributed by atoms with Crippen molar-refractivity contribution in [3.63, 3.8) is 0 Å². The predicted octanol–water partition coefficient (Wildman–Crippen LogP) is 4.92. The summed E-state index contributed by atoms with van der Waals surface area (Å²) in [6.45, 7) is 2.90. The molecule has 0 aliphatic heterocycles. The van der Waals surface area contributed by atoms with E-state index in [0.29, 0.717) is 29.2 Å². The molecule has 0 spiro atoms. The number of nitrogens with zero attached hydrogens (tertiary/aromatic N) is 5. The van der Waals surface area contributed by atoms with Crippen LogP contribution in [0.1, 0.15) is 5.56 Å². The van der Waals surface area contributed by atoms with E-state index >= 15 is 0 Å². The van der Waals surface area contributed by atoms with Crippen molar-refractivity contribution in [2.24, 2.45) is 0 Å². The Morgan fingerprint density at radius 1 is 1.03 bits per heavy atom. The van der Waals surface area contributed by atoms with Gasteiger partial charge in [0.25, 0.3) is 0 Å². The van der Waals surface area contributed by atoms with Crippen LogP contribution in [0.5, 0.6) is 5.75 Å². The van der Waals surface area contributed by atoms with Gasteiger partial charge in [-0.25, -0.2) is 0 Å². The molecule has 1 amide bonds. The van der Waals surface area contributed by atoms with Crippen LogP contribution in [0.25, 0.3) is 17.1 Å². The molecule has 0 saturated heterocycles. The predicted molar refractivity (Wildman–Crippen MR) is 135 cm³/mol. The summed E-state index contributed by atoms with van der Waals surface area (Å²) in [4.78, 5) is 18.5. The van der Waals surface area contributed by atoms with E-state index < -0.39 is 0 Å². The Hall–Kier alpha value is -3.36. The molecule has 4 aromatic rings. The number of carbonyl (C=O) groups is 1. The van der Waals surface area contributed by atoms with E-state index in [1.807, 2.05) is 47.9 Å². The van der Waals surface area contributed by atoms with Gasteiger partial charge in [0.05, 0.1) is 12.3 Å². The number of ether oxygens (including phenoxy) is 1. The van der Waals surface area contributed by atoms with Crippen LogP contribution in [-0.2, 0) is 4.79 Å². The first-order valence-electron chi connectivity index (χ1n) is 10.7. The van der Waals surface area contributed by atoms with E-state index in [9.17, 15) is 4.79 Å². The highest BCUT2D eigenvalue weighted by atomic mass is 35.5. The number of benzene rings is 2. The highest BCUT2D eigenvalue weighted by Crippen LogP contribution is 2.28. The summed E-state index contributed by atoms with van der Waals surface area (Å²) in [5.41, 5.74) is 2.99. The fraction of sp³-hybridized carbons (Fsp3) is 0.200. The molecule has 0 aliphatic rings. The average Bonchev–Trinajstić information content (AvgIpc) is 3.28. The van der Waals surface area contributed by atoms with Gasteiger partial charge in [-0.2, -0.15) is 0 Å². The van der Waals surface area contributed by atoms with Crippen molar-refractivity contribution >= 4 is 29.3 Å². The maximum Gasteiger partial charge on any atom is 0.232 e. The van der Waals surface area contributed by atoms with Crippen LogP contribution in [0.15, 0.2) is 78.2 Å². The Kier molecular flexibility index (Phi) is 7.82. The van der Waals surface area contributed by atoms with Crippen molar-refractivity contribution in [1.29, 1.82) is 0 Å². The van der Waals surface area contributed by atoms with Crippen molar-refractivity contribution in [1.82, 2.24) is 24.6 Å². The number of likely N-dealkylation sites (N-methyl/N-ethyl adjacent to an activating group) is 1. The number of rotatable bonds is 9. The van der Waals surface area contributed by atoms with E-state index in [1.54, 1.807) is 48.6 Å². The molecule has 2 aromatic heterocycles. The van der Waals surface area contributed by atoms with Crippen molar-refractivity contribution in [2.75, 3.05) is 26.0 Å². The summed E-state index contributed by atoms with van der Waals surface area (Å²) >= 11 is 7.25. The van der Waals surface area contributed by atoms with Crippen LogP contribution >= 0.6 is 23.4 Å². The molecule has 2 aromatic carbocycles. The highest BCUT2D eigenvalue weighted by Gasteiger charge is 2.18. The van der Waals surface area contributed by atoms with Gasteiger partial charge in [-0.1, -0.05) is 41.1 Å². The zero-order chi connectivity index (χ0) is 23.9. The van der Waals surface area contributed by atoms with Gasteiger partial charge < -0.3 is 9.64 Å². The zero-order valence-electron chi connectivity index (χ0n) is 18.9. The number of hydrogen-bond acceptors (Lipinski definition) is 6. The van der Waals surface area contributed by atoms with E-state index in [0.717, 1.165) is 22.6 Å². The second-order valence-electron chi connectivity index (χ2n) is 7.62. The molecule has 4 rings (SSSR count). The summed E-state index contributed by atoms with van der Waals surface area (Å²) in [6.07, 6.45) is 3.45. The standard InChI is InChI=1S/C25H24ClN5O2S/c1-18-3-7-21(8-4-18)31-24(19-11-13-27-14-12-19)28-29-25(31)34-17-23(32)30(2)15-16-33-22-9-5-20(26)6-10-22/h3-14H,15-17H2,1-2H3. The minimum Gasteiger partial charge on any atom is -0.492 e. The third-order valence-corrected chi connectivity index (χ3v) is 6.29. The molecular weight excluding hydrogens is 470 g/mol. The Bertz CT molecular complexity index is 1230. The molecule has 0 fully saturated rings. The van der Waals surface area contributed by atoms with Gasteiger partial charge in [-0.15, -0.1) is 10.2 Å². The maximum atomic E-state index is 12.7. The smallest absolute Gasteiger partial charge is 0.232 e. The van der Waals surface area contributed by atoms with Crippen LogP contribution in [0.2, 0.25) is 5.02 Å². The van der Waals surface area contributed by atoms with Gasteiger partial charge in [0.1, 0.15) is 12.4 Å². The topological polar surface area (TPSA) is 73.1 Å². The highest BCUT2D eigenvalue weighted by molar-refractivity contribution is 7.99. The second-order valence-corrected chi connectivity index (χ2v) is 9.00. The fourth-order valence-corrected chi connectivity index (χ4v) is 4.19. The Balaban J connectivity index is 1.42. The number of thioether (sulfide) groups is 1. The molecule has 0 bridgehead atoms. The average molecular weight is 494 g/mol. The third-order valence-electron chi connectivity index (χ3n) is 5.12. The molecular formula is C25H24ClN5O2S. The number of halogens is 1. The summed E-state index contributed by atoms with van der Waals surface area (Å²) in [5.74, 6) is 1.63. The van der Waals surface area contributed by atoms with Gasteiger partial charge in [0, 0.05) is 35.7 Å². The van der Waals surface area contributed by atoms with E-state index in [-0.39, 0.29) is 11.7 Å². The Morgan fingerprint density at radius 2 is 1.74 bits per heavy atom. The van der Waals surface area contributed by atoms with E-state index in [2.05, 4.69) is 15.2 Å². The van der Waals surface area contributed by atoms with Crippen molar-refractivity contribution in [2.45, 2.75) is 12.1 Å². The third kappa shape index (κ3) is 5.95. The Labute approximate surface area is 207 Å². The van der Waals surface area contributed by atoms with Crippen LogP contribution in [0.4, 0.5) is 0 Å². The molecule has 0 saturated carbocycles. The molecule has 0 N–H and O–H groups in total. The minimum absolute atomic E-state index is 0.0198. The maximum absolute atomic E-state index is 12.7. The van der Waals surface area contributed by atoms with Crippen molar-refractivity contribution in [3.05, 3.63) is 83.6 Å². The molecule has 34 heavy (non-hydrogen) atoms. The molecule has 0 atom stereocenters. The molecule has 0 radical (unpaired) electrons. The first-order chi connectivity index (χ1) is 16.5. The SMILES string of the molecule is Cc1ccc(-n2c(SCC(=O)N(C)CCOc3ccc(Cl)cc3)nnc2-c2ccncc2)cc1. The molecule has 0 aliphatic carbocycles. The second kappa shape index (κ2) is 11.2. The number of aromatic nitrogens is 4. The van der Waals surface area contributed by atoms with Crippen LogP contribution in [0, 0.1) is 6.92 Å². The Morgan fingerprint density at radius 3 is 2.44 bits per heavy atom. The van der Waals surface area contributed by atoms with Crippen LogP contribution in [-0.4, -0.2) is 56.5 Å². The number of carbonyl (C=O) groups excluding carboxylic acids is 1. The molecule has 0 unspecified atom stereocenters. The molecule has 9 heteroatoms. The minimum atomic E-state index is -0.0198. The fourth-order valence-electron chi connectivity index (χ4n) is 3.17. The monoisotopic (exact) mass is 493 g/mol. The number of aryl methyl sites for hydroxylation is 1. The zero-order valence-corrected chi connectivity index (χ0v) is 20.5. The van der Waals surface area contributed by atoms with Gasteiger partial charge in [-0.3, -0.25) is 14.3 Å². The summed E-state index contributed by atoms with van der Waals surface area (Å²) in [6, 6.07) is 19.1. The lowest BCUT2D eigenvalue weighted by atomic mass is 10.2. The lowest BCUT2D eigenvalue weighted by Gasteiger charge is -2.17. The first-order valence-corrected chi connectivity index (χ1v) is 12.1. The first kappa shape index (κ1) is 23.8. The number of pyridine rings is 1. The van der Waals surface area contributed by atoms with Crippen LogP contribution < -0.4 is 4.74 Å². The number of amides is 1. The van der Waals surface area contributed by atoms with Crippen molar-refractivity contribution in [3.8, 4) is 22.8 Å². The largest absolute Gasteiger partial charge is 0.492 e. The lowest BCUT2D eigenvalue weighted by molar-refractivity contribution is -0.127. The van der Waals surface area contributed by atoms with Gasteiger partial charge in [-0.05, 0) is 55.5 Å². The quantitative estimate of drug-likeness (QED) is 0.308. The summed E-state index contributed by atoms with van der Waals surface area (Å²) in [5, 5.41) is 10.1. The van der Waals surface area contributed by atoms with Gasteiger partial charge >= 0.3 is 0 Å². The number of hydrogen-bond donors (Lipinski definition) is 0. The van der Waals surface area contributed by atoms with Gasteiger partial charge in [0.15, 0.2) is 11.0 Å². The lowest BCUT2D eigenvalue weighted by Crippen LogP contribution is -2.32. The molecule has 2 heterocycles.